The quantitative estimate of drug-likeness (QED) is 0.0332. The van der Waals surface area contributed by atoms with Gasteiger partial charge in [0.25, 0.3) is 0 Å². The molecule has 0 aromatic rings. The van der Waals surface area contributed by atoms with Crippen LogP contribution in [0.3, 0.4) is 0 Å². The van der Waals surface area contributed by atoms with E-state index in [1.807, 2.05) is 0 Å². The molecule has 0 bridgehead atoms. The van der Waals surface area contributed by atoms with Gasteiger partial charge < -0.3 is 20.3 Å². The first-order chi connectivity index (χ1) is 25.0. The van der Waals surface area contributed by atoms with E-state index in [9.17, 15) is 19.8 Å². The van der Waals surface area contributed by atoms with E-state index in [0.29, 0.717) is 19.3 Å². The summed E-state index contributed by atoms with van der Waals surface area (Å²) in [7, 11) is 0. The van der Waals surface area contributed by atoms with Gasteiger partial charge in [-0.2, -0.15) is 0 Å². The van der Waals surface area contributed by atoms with Crippen LogP contribution in [0.1, 0.15) is 239 Å². The van der Waals surface area contributed by atoms with Crippen LogP contribution < -0.4 is 5.32 Å². The molecule has 0 radical (unpaired) electrons. The Kier molecular flexibility index (Phi) is 38.7. The van der Waals surface area contributed by atoms with Crippen LogP contribution in [0, 0.1) is 0 Å². The summed E-state index contributed by atoms with van der Waals surface area (Å²) in [5.74, 6) is -0.483. The van der Waals surface area contributed by atoms with Crippen molar-refractivity contribution in [2.45, 2.75) is 257 Å². The molecule has 6 heteroatoms. The van der Waals surface area contributed by atoms with Crippen LogP contribution in [-0.2, 0) is 14.3 Å². The zero-order valence-electron chi connectivity index (χ0n) is 34.3. The van der Waals surface area contributed by atoms with Gasteiger partial charge in [0.05, 0.1) is 25.2 Å². The van der Waals surface area contributed by atoms with Gasteiger partial charge >= 0.3 is 5.97 Å². The largest absolute Gasteiger partial charge is 0.462 e. The molecule has 0 aromatic carbocycles. The Morgan fingerprint density at radius 3 is 1.45 bits per heavy atom. The Bertz CT molecular complexity index is 772. The van der Waals surface area contributed by atoms with Crippen LogP contribution in [0.15, 0.2) is 12.2 Å². The molecule has 0 aromatic heterocycles. The maximum absolute atomic E-state index is 13.1. The molecular formula is C45H87NO5. The van der Waals surface area contributed by atoms with Crippen molar-refractivity contribution in [3.05, 3.63) is 12.2 Å². The van der Waals surface area contributed by atoms with Gasteiger partial charge in [0.15, 0.2) is 0 Å². The Morgan fingerprint density at radius 1 is 0.549 bits per heavy atom. The van der Waals surface area contributed by atoms with Crippen LogP contribution in [0.5, 0.6) is 0 Å². The lowest BCUT2D eigenvalue weighted by molar-refractivity contribution is -0.151. The third-order valence-electron chi connectivity index (χ3n) is 10.3. The molecule has 0 aliphatic rings. The SMILES string of the molecule is CCCC/C=C\CCCCCC(CC(=O)NC(CO)C(O)CCCCCCCCCCC)OC(=O)CCCCCCCCCCCCCCCC. The van der Waals surface area contributed by atoms with Gasteiger partial charge in [-0.25, -0.2) is 0 Å². The zero-order valence-corrected chi connectivity index (χ0v) is 34.3. The van der Waals surface area contributed by atoms with Gasteiger partial charge in [0, 0.05) is 6.42 Å². The number of aliphatic hydroxyl groups is 2. The molecule has 0 aliphatic heterocycles. The molecular weight excluding hydrogens is 634 g/mol. The van der Waals surface area contributed by atoms with Gasteiger partial charge in [0.1, 0.15) is 6.10 Å². The van der Waals surface area contributed by atoms with Gasteiger partial charge in [-0.05, 0) is 44.9 Å². The fraction of sp³-hybridized carbons (Fsp3) is 0.911. The second-order valence-corrected chi connectivity index (χ2v) is 15.5. The zero-order chi connectivity index (χ0) is 37.5. The van der Waals surface area contributed by atoms with Crippen molar-refractivity contribution < 1.29 is 24.5 Å². The van der Waals surface area contributed by atoms with Crippen LogP contribution >= 0.6 is 0 Å². The molecule has 0 heterocycles. The molecule has 0 rings (SSSR count). The standard InChI is InChI=1S/C45H87NO5/c1-4-7-10-13-16-19-20-21-22-23-26-29-32-35-38-45(50)51-41(36-33-30-27-24-17-14-11-8-5-2)39-44(49)46-42(40-47)43(48)37-34-31-28-25-18-15-12-9-6-3/h14,17,41-43,47-48H,4-13,15-16,18-40H2,1-3H3,(H,46,49)/b17-14-. The number of hydrogen-bond acceptors (Lipinski definition) is 5. The van der Waals surface area contributed by atoms with Gasteiger partial charge in [0.2, 0.25) is 5.91 Å². The fourth-order valence-electron chi connectivity index (χ4n) is 6.88. The number of amides is 1. The summed E-state index contributed by atoms with van der Waals surface area (Å²) in [5.41, 5.74) is 0. The topological polar surface area (TPSA) is 95.9 Å². The molecule has 0 saturated heterocycles. The van der Waals surface area contributed by atoms with E-state index in [0.717, 1.165) is 70.6 Å². The van der Waals surface area contributed by atoms with Gasteiger partial charge in [-0.1, -0.05) is 193 Å². The van der Waals surface area contributed by atoms with E-state index in [2.05, 4.69) is 38.2 Å². The van der Waals surface area contributed by atoms with Crippen molar-refractivity contribution in [3.8, 4) is 0 Å². The highest BCUT2D eigenvalue weighted by Gasteiger charge is 2.24. The van der Waals surface area contributed by atoms with E-state index in [-0.39, 0.29) is 24.9 Å². The maximum Gasteiger partial charge on any atom is 0.306 e. The highest BCUT2D eigenvalue weighted by atomic mass is 16.5. The average Bonchev–Trinajstić information content (AvgIpc) is 3.12. The predicted molar refractivity (Wildman–Crippen MR) is 218 cm³/mol. The molecule has 3 atom stereocenters. The van der Waals surface area contributed by atoms with E-state index in [4.69, 9.17) is 4.74 Å². The molecule has 0 fully saturated rings. The molecule has 1 amide bonds. The summed E-state index contributed by atoms with van der Waals surface area (Å²) in [6.07, 6.45) is 41.3. The first-order valence-electron chi connectivity index (χ1n) is 22.4. The summed E-state index contributed by atoms with van der Waals surface area (Å²) in [6.45, 7) is 6.41. The number of esters is 1. The van der Waals surface area contributed by atoms with E-state index < -0.39 is 18.2 Å². The lowest BCUT2D eigenvalue weighted by atomic mass is 10.0. The third-order valence-corrected chi connectivity index (χ3v) is 10.3. The lowest BCUT2D eigenvalue weighted by Gasteiger charge is -2.24. The highest BCUT2D eigenvalue weighted by Crippen LogP contribution is 2.17. The van der Waals surface area contributed by atoms with E-state index in [1.54, 1.807) is 0 Å². The highest BCUT2D eigenvalue weighted by molar-refractivity contribution is 5.77. The van der Waals surface area contributed by atoms with Crippen molar-refractivity contribution in [1.29, 1.82) is 0 Å². The minimum Gasteiger partial charge on any atom is -0.462 e. The van der Waals surface area contributed by atoms with Crippen molar-refractivity contribution in [3.63, 3.8) is 0 Å². The first-order valence-corrected chi connectivity index (χ1v) is 22.4. The number of unbranched alkanes of at least 4 members (excludes halogenated alkanes) is 26. The Morgan fingerprint density at radius 2 is 0.961 bits per heavy atom. The van der Waals surface area contributed by atoms with Gasteiger partial charge in [-0.15, -0.1) is 0 Å². The molecule has 0 saturated carbocycles. The molecule has 3 unspecified atom stereocenters. The number of hydrogen-bond donors (Lipinski definition) is 3. The minimum atomic E-state index is -0.782. The molecule has 302 valence electrons. The predicted octanol–water partition coefficient (Wildman–Crippen LogP) is 12.6. The summed E-state index contributed by atoms with van der Waals surface area (Å²) in [5, 5.41) is 23.5. The monoisotopic (exact) mass is 722 g/mol. The van der Waals surface area contributed by atoms with Crippen LogP contribution in [0.25, 0.3) is 0 Å². The number of aliphatic hydroxyl groups excluding tert-OH is 2. The number of allylic oxidation sites excluding steroid dienone is 2. The maximum atomic E-state index is 13.1. The summed E-state index contributed by atoms with van der Waals surface area (Å²) < 4.78 is 5.88. The fourth-order valence-corrected chi connectivity index (χ4v) is 6.88. The third kappa shape index (κ3) is 35.4. The summed E-state index contributed by atoms with van der Waals surface area (Å²) in [4.78, 5) is 25.9. The normalized spacial score (nSPS) is 13.4. The Balaban J connectivity index is 4.51. The Hall–Kier alpha value is -1.40. The smallest absolute Gasteiger partial charge is 0.306 e. The second kappa shape index (κ2) is 39.8. The van der Waals surface area contributed by atoms with E-state index in [1.165, 1.54) is 122 Å². The molecule has 3 N–H and O–H groups in total. The van der Waals surface area contributed by atoms with Crippen LogP contribution in [0.4, 0.5) is 0 Å². The number of ether oxygens (including phenoxy) is 1. The van der Waals surface area contributed by atoms with Crippen LogP contribution in [-0.4, -0.2) is 46.9 Å². The molecule has 0 aliphatic carbocycles. The molecule has 51 heavy (non-hydrogen) atoms. The first kappa shape index (κ1) is 49.6. The summed E-state index contributed by atoms with van der Waals surface area (Å²) >= 11 is 0. The number of carbonyl (C=O) groups is 2. The van der Waals surface area contributed by atoms with Crippen molar-refractivity contribution in [2.24, 2.45) is 0 Å². The van der Waals surface area contributed by atoms with Crippen molar-refractivity contribution in [1.82, 2.24) is 5.32 Å². The number of carbonyl (C=O) groups excluding carboxylic acids is 2. The van der Waals surface area contributed by atoms with Crippen molar-refractivity contribution >= 4 is 11.9 Å². The number of rotatable bonds is 40. The van der Waals surface area contributed by atoms with Crippen molar-refractivity contribution in [2.75, 3.05) is 6.61 Å². The van der Waals surface area contributed by atoms with Gasteiger partial charge in [-0.3, -0.25) is 9.59 Å². The second-order valence-electron chi connectivity index (χ2n) is 15.5. The molecule has 0 spiro atoms. The number of nitrogens with one attached hydrogen (secondary N) is 1. The Labute approximate surface area is 317 Å². The lowest BCUT2D eigenvalue weighted by Crippen LogP contribution is -2.46. The average molecular weight is 722 g/mol. The van der Waals surface area contributed by atoms with Crippen LogP contribution in [0.2, 0.25) is 0 Å². The minimum absolute atomic E-state index is 0.0721. The molecule has 6 nitrogen and oxygen atoms in total. The van der Waals surface area contributed by atoms with E-state index >= 15 is 0 Å². The summed E-state index contributed by atoms with van der Waals surface area (Å²) in [6, 6.07) is -0.696.